The fourth-order valence-corrected chi connectivity index (χ4v) is 2.98. The van der Waals surface area contributed by atoms with Crippen molar-refractivity contribution in [3.63, 3.8) is 0 Å². The molecule has 0 radical (unpaired) electrons. The van der Waals surface area contributed by atoms with E-state index in [-0.39, 0.29) is 12.0 Å². The molecular weight excluding hydrogens is 352 g/mol. The molecule has 7 nitrogen and oxygen atoms in total. The van der Waals surface area contributed by atoms with Crippen molar-refractivity contribution in [1.82, 2.24) is 15.1 Å². The Morgan fingerprint density at radius 3 is 2.73 bits per heavy atom. The number of amides is 2. The van der Waals surface area contributed by atoms with Gasteiger partial charge in [0.25, 0.3) is 5.91 Å². The number of hydrogen-bond acceptors (Lipinski definition) is 5. The quantitative estimate of drug-likeness (QED) is 0.704. The molecule has 0 saturated heterocycles. The summed E-state index contributed by atoms with van der Waals surface area (Å²) in [5.74, 6) is 0.133. The molecule has 0 aliphatic carbocycles. The third-order valence-electron chi connectivity index (χ3n) is 3.97. The van der Waals surface area contributed by atoms with Gasteiger partial charge in [0.15, 0.2) is 5.82 Å². The molecule has 8 heteroatoms. The summed E-state index contributed by atoms with van der Waals surface area (Å²) in [5, 5.41) is 9.95. The van der Waals surface area contributed by atoms with Gasteiger partial charge in [0.2, 0.25) is 0 Å². The van der Waals surface area contributed by atoms with Crippen LogP contribution in [0.5, 0.6) is 0 Å². The molecule has 1 aromatic heterocycles. The van der Waals surface area contributed by atoms with Gasteiger partial charge in [-0.1, -0.05) is 12.1 Å². The largest absolute Gasteiger partial charge is 0.444 e. The average molecular weight is 374 g/mol. The second-order valence-corrected chi connectivity index (χ2v) is 7.63. The van der Waals surface area contributed by atoms with Gasteiger partial charge in [-0.3, -0.25) is 9.89 Å². The number of thiol groups is 1. The standard InChI is InChI=1S/C18H22N4O3S/c1-18(2,3)25-17(24)22-9-8-13-12(10-22)15(21-20-13)19-16(23)11-6-4-5-7-14(11)26/h4-7,26H,8-10H2,1-3H3,(H2,19,20,21,23). The molecular formula is C18H22N4O3S. The highest BCUT2D eigenvalue weighted by atomic mass is 32.1. The first-order valence-corrected chi connectivity index (χ1v) is 8.83. The lowest BCUT2D eigenvalue weighted by Gasteiger charge is -2.30. The van der Waals surface area contributed by atoms with Crippen LogP contribution in [0.15, 0.2) is 29.2 Å². The van der Waals surface area contributed by atoms with Gasteiger partial charge in [0, 0.05) is 29.1 Å². The van der Waals surface area contributed by atoms with Gasteiger partial charge in [0.1, 0.15) is 5.60 Å². The SMILES string of the molecule is CC(C)(C)OC(=O)N1CCc2[nH]nc(NC(=O)c3ccccc3S)c2C1. The first kappa shape index (κ1) is 18.3. The highest BCUT2D eigenvalue weighted by molar-refractivity contribution is 7.80. The molecule has 1 aliphatic rings. The zero-order valence-electron chi connectivity index (χ0n) is 15.0. The summed E-state index contributed by atoms with van der Waals surface area (Å²) in [6.07, 6.45) is 0.253. The Kier molecular flexibility index (Phi) is 4.95. The van der Waals surface area contributed by atoms with Gasteiger partial charge >= 0.3 is 6.09 Å². The zero-order chi connectivity index (χ0) is 18.9. The number of nitrogens with zero attached hydrogens (tertiary/aromatic N) is 2. The molecule has 0 fully saturated rings. The van der Waals surface area contributed by atoms with Gasteiger partial charge in [0.05, 0.1) is 12.1 Å². The lowest BCUT2D eigenvalue weighted by molar-refractivity contribution is 0.0224. The molecule has 0 spiro atoms. The van der Waals surface area contributed by atoms with Crippen molar-refractivity contribution >= 4 is 30.4 Å². The van der Waals surface area contributed by atoms with Crippen LogP contribution in [0, 0.1) is 0 Å². The Hall–Kier alpha value is -2.48. The number of anilines is 1. The van der Waals surface area contributed by atoms with Crippen LogP contribution in [0.1, 0.15) is 42.4 Å². The fraction of sp³-hybridized carbons (Fsp3) is 0.389. The number of carbonyl (C=O) groups is 2. The van der Waals surface area contributed by atoms with E-state index in [1.54, 1.807) is 23.1 Å². The molecule has 0 bridgehead atoms. The fourth-order valence-electron chi connectivity index (χ4n) is 2.72. The molecule has 0 atom stereocenters. The predicted octanol–water partition coefficient (Wildman–Crippen LogP) is 3.24. The Morgan fingerprint density at radius 2 is 2.04 bits per heavy atom. The third-order valence-corrected chi connectivity index (χ3v) is 4.36. The van der Waals surface area contributed by atoms with Crippen molar-refractivity contribution in [2.45, 2.75) is 44.2 Å². The summed E-state index contributed by atoms with van der Waals surface area (Å²) in [6.45, 7) is 6.37. The number of carbonyl (C=O) groups excluding carboxylic acids is 2. The van der Waals surface area contributed by atoms with Crippen molar-refractivity contribution in [2.24, 2.45) is 0 Å². The molecule has 1 aliphatic heterocycles. The van der Waals surface area contributed by atoms with Crippen molar-refractivity contribution in [3.05, 3.63) is 41.1 Å². The molecule has 2 aromatic rings. The number of aromatic nitrogens is 2. The van der Waals surface area contributed by atoms with Gasteiger partial charge in [-0.15, -0.1) is 12.6 Å². The molecule has 2 N–H and O–H groups in total. The van der Waals surface area contributed by atoms with E-state index in [0.29, 0.717) is 35.8 Å². The third kappa shape index (κ3) is 4.01. The number of fused-ring (bicyclic) bond motifs is 1. The van der Waals surface area contributed by atoms with Crippen molar-refractivity contribution < 1.29 is 14.3 Å². The van der Waals surface area contributed by atoms with Crippen LogP contribution >= 0.6 is 12.6 Å². The van der Waals surface area contributed by atoms with E-state index in [0.717, 1.165) is 11.3 Å². The molecule has 3 rings (SSSR count). The monoisotopic (exact) mass is 374 g/mol. The van der Waals surface area contributed by atoms with Crippen LogP contribution in [0.2, 0.25) is 0 Å². The molecule has 0 saturated carbocycles. The Morgan fingerprint density at radius 1 is 1.31 bits per heavy atom. The summed E-state index contributed by atoms with van der Waals surface area (Å²) >= 11 is 4.31. The second-order valence-electron chi connectivity index (χ2n) is 7.15. The molecule has 0 unspecified atom stereocenters. The number of nitrogens with one attached hydrogen (secondary N) is 2. The summed E-state index contributed by atoms with van der Waals surface area (Å²) < 4.78 is 5.43. The van der Waals surface area contributed by atoms with Crippen LogP contribution in [-0.4, -0.2) is 39.2 Å². The number of hydrogen-bond donors (Lipinski definition) is 3. The number of benzene rings is 1. The maximum atomic E-state index is 12.5. The van der Waals surface area contributed by atoms with E-state index < -0.39 is 5.60 Å². The molecule has 1 aromatic carbocycles. The lowest BCUT2D eigenvalue weighted by Crippen LogP contribution is -2.40. The summed E-state index contributed by atoms with van der Waals surface area (Å²) in [5.41, 5.74) is 1.62. The summed E-state index contributed by atoms with van der Waals surface area (Å²) in [6, 6.07) is 7.04. The summed E-state index contributed by atoms with van der Waals surface area (Å²) in [4.78, 5) is 27.0. The highest BCUT2D eigenvalue weighted by Crippen LogP contribution is 2.26. The lowest BCUT2D eigenvalue weighted by atomic mass is 10.1. The van der Waals surface area contributed by atoms with Gasteiger partial charge < -0.3 is 15.0 Å². The highest BCUT2D eigenvalue weighted by Gasteiger charge is 2.29. The molecule has 138 valence electrons. The van der Waals surface area contributed by atoms with Crippen LogP contribution in [0.25, 0.3) is 0 Å². The average Bonchev–Trinajstić information content (AvgIpc) is 2.96. The van der Waals surface area contributed by atoms with Crippen LogP contribution in [0.4, 0.5) is 10.6 Å². The Bertz CT molecular complexity index is 841. The molecule has 2 heterocycles. The van der Waals surface area contributed by atoms with Crippen molar-refractivity contribution in [1.29, 1.82) is 0 Å². The Balaban J connectivity index is 1.75. The van der Waals surface area contributed by atoms with E-state index in [1.807, 2.05) is 26.8 Å². The maximum absolute atomic E-state index is 12.5. The minimum atomic E-state index is -0.554. The number of aromatic amines is 1. The minimum Gasteiger partial charge on any atom is -0.444 e. The zero-order valence-corrected chi connectivity index (χ0v) is 15.9. The van der Waals surface area contributed by atoms with Crippen LogP contribution in [0.3, 0.4) is 0 Å². The number of rotatable bonds is 2. The number of ether oxygens (including phenoxy) is 1. The van der Waals surface area contributed by atoms with E-state index in [2.05, 4.69) is 28.1 Å². The molecule has 2 amide bonds. The van der Waals surface area contributed by atoms with Crippen LogP contribution < -0.4 is 5.32 Å². The first-order valence-electron chi connectivity index (χ1n) is 8.38. The minimum absolute atomic E-state index is 0.292. The first-order chi connectivity index (χ1) is 12.2. The smallest absolute Gasteiger partial charge is 0.410 e. The Labute approximate surface area is 157 Å². The van der Waals surface area contributed by atoms with Crippen molar-refractivity contribution in [2.75, 3.05) is 11.9 Å². The van der Waals surface area contributed by atoms with Gasteiger partial charge in [-0.25, -0.2) is 4.79 Å². The molecule has 26 heavy (non-hydrogen) atoms. The van der Waals surface area contributed by atoms with Crippen LogP contribution in [-0.2, 0) is 17.7 Å². The predicted molar refractivity (Wildman–Crippen MR) is 101 cm³/mol. The van der Waals surface area contributed by atoms with E-state index >= 15 is 0 Å². The van der Waals surface area contributed by atoms with Gasteiger partial charge in [-0.05, 0) is 32.9 Å². The van der Waals surface area contributed by atoms with E-state index in [1.165, 1.54) is 0 Å². The van der Waals surface area contributed by atoms with Gasteiger partial charge in [-0.2, -0.15) is 5.10 Å². The van der Waals surface area contributed by atoms with Crippen molar-refractivity contribution in [3.8, 4) is 0 Å². The second kappa shape index (κ2) is 7.03. The topological polar surface area (TPSA) is 87.3 Å². The summed E-state index contributed by atoms with van der Waals surface area (Å²) in [7, 11) is 0. The number of H-pyrrole nitrogens is 1. The maximum Gasteiger partial charge on any atom is 0.410 e. The van der Waals surface area contributed by atoms with E-state index in [4.69, 9.17) is 4.74 Å². The van der Waals surface area contributed by atoms with E-state index in [9.17, 15) is 9.59 Å². The normalized spacial score (nSPS) is 13.9.